The number of anilines is 1. The standard InChI is InChI=1S/C12H13ClN2OS/c1-8-12(17-7-15-8)4-5-16-11-6-9(13)2-3-10(11)14/h2-3,6-7H,4-5,14H2,1H3. The minimum Gasteiger partial charge on any atom is -0.491 e. The predicted molar refractivity (Wildman–Crippen MR) is 71.9 cm³/mol. The van der Waals surface area contributed by atoms with Gasteiger partial charge in [-0.15, -0.1) is 11.3 Å². The molecule has 1 heterocycles. The second kappa shape index (κ2) is 5.38. The van der Waals surface area contributed by atoms with Crippen LogP contribution in [0.15, 0.2) is 23.7 Å². The number of hydrogen-bond acceptors (Lipinski definition) is 4. The maximum Gasteiger partial charge on any atom is 0.143 e. The fraction of sp³-hybridized carbons (Fsp3) is 0.250. The van der Waals surface area contributed by atoms with Crippen LogP contribution in [0.5, 0.6) is 5.75 Å². The molecular weight excluding hydrogens is 256 g/mol. The minimum atomic E-state index is 0.577. The Kier molecular flexibility index (Phi) is 3.86. The molecule has 1 aromatic carbocycles. The number of nitrogens with two attached hydrogens (primary N) is 1. The zero-order chi connectivity index (χ0) is 12.3. The molecule has 2 aromatic rings. The van der Waals surface area contributed by atoms with Crippen molar-refractivity contribution in [3.63, 3.8) is 0 Å². The van der Waals surface area contributed by atoms with Crippen molar-refractivity contribution in [3.8, 4) is 5.75 Å². The van der Waals surface area contributed by atoms with Crippen molar-refractivity contribution in [3.05, 3.63) is 39.3 Å². The molecule has 0 fully saturated rings. The molecule has 90 valence electrons. The summed E-state index contributed by atoms with van der Waals surface area (Å²) < 4.78 is 5.62. The fourth-order valence-electron chi connectivity index (χ4n) is 1.45. The van der Waals surface area contributed by atoms with Crippen LogP contribution in [0.4, 0.5) is 5.69 Å². The lowest BCUT2D eigenvalue weighted by Gasteiger charge is -2.08. The number of nitrogens with zero attached hydrogens (tertiary/aromatic N) is 1. The normalized spacial score (nSPS) is 10.5. The van der Waals surface area contributed by atoms with Gasteiger partial charge in [0.2, 0.25) is 0 Å². The van der Waals surface area contributed by atoms with Crippen LogP contribution in [0.1, 0.15) is 10.6 Å². The lowest BCUT2D eigenvalue weighted by molar-refractivity contribution is 0.324. The third-order valence-corrected chi connectivity index (χ3v) is 3.64. The van der Waals surface area contributed by atoms with E-state index >= 15 is 0 Å². The highest BCUT2D eigenvalue weighted by Gasteiger charge is 2.04. The van der Waals surface area contributed by atoms with Gasteiger partial charge in [-0.3, -0.25) is 0 Å². The molecule has 5 heteroatoms. The van der Waals surface area contributed by atoms with Crippen molar-refractivity contribution in [2.75, 3.05) is 12.3 Å². The molecule has 0 aliphatic carbocycles. The lowest BCUT2D eigenvalue weighted by Crippen LogP contribution is -2.03. The summed E-state index contributed by atoms with van der Waals surface area (Å²) in [6.07, 6.45) is 0.836. The largest absolute Gasteiger partial charge is 0.491 e. The zero-order valence-electron chi connectivity index (χ0n) is 9.44. The molecule has 0 saturated heterocycles. The van der Waals surface area contributed by atoms with E-state index in [-0.39, 0.29) is 0 Å². The van der Waals surface area contributed by atoms with E-state index in [1.54, 1.807) is 29.5 Å². The second-order valence-electron chi connectivity index (χ2n) is 3.64. The molecule has 0 amide bonds. The van der Waals surface area contributed by atoms with Crippen LogP contribution in [0.2, 0.25) is 5.02 Å². The van der Waals surface area contributed by atoms with E-state index in [1.165, 1.54) is 4.88 Å². The smallest absolute Gasteiger partial charge is 0.143 e. The van der Waals surface area contributed by atoms with Crippen LogP contribution in [-0.2, 0) is 6.42 Å². The molecule has 2 N–H and O–H groups in total. The van der Waals surface area contributed by atoms with Crippen LogP contribution in [0.25, 0.3) is 0 Å². The van der Waals surface area contributed by atoms with E-state index in [9.17, 15) is 0 Å². The number of benzene rings is 1. The molecule has 0 spiro atoms. The third-order valence-electron chi connectivity index (χ3n) is 2.41. The Labute approximate surface area is 109 Å². The van der Waals surface area contributed by atoms with Gasteiger partial charge in [0.25, 0.3) is 0 Å². The number of rotatable bonds is 4. The monoisotopic (exact) mass is 268 g/mol. The van der Waals surface area contributed by atoms with Crippen molar-refractivity contribution in [2.24, 2.45) is 0 Å². The van der Waals surface area contributed by atoms with Crippen molar-refractivity contribution < 1.29 is 4.74 Å². The average Bonchev–Trinajstić information content (AvgIpc) is 2.70. The summed E-state index contributed by atoms with van der Waals surface area (Å²) in [6, 6.07) is 5.23. The molecule has 0 aliphatic heterocycles. The molecule has 0 unspecified atom stereocenters. The summed E-state index contributed by atoms with van der Waals surface area (Å²) in [6.45, 7) is 2.58. The van der Waals surface area contributed by atoms with E-state index in [0.717, 1.165) is 12.1 Å². The summed E-state index contributed by atoms with van der Waals surface area (Å²) in [5.41, 5.74) is 9.31. The van der Waals surface area contributed by atoms with E-state index in [4.69, 9.17) is 22.1 Å². The van der Waals surface area contributed by atoms with Crippen LogP contribution < -0.4 is 10.5 Å². The molecule has 0 radical (unpaired) electrons. The van der Waals surface area contributed by atoms with Gasteiger partial charge in [0.1, 0.15) is 5.75 Å². The molecule has 0 aliphatic rings. The maximum atomic E-state index is 5.88. The second-order valence-corrected chi connectivity index (χ2v) is 5.02. The molecule has 2 rings (SSSR count). The Bertz CT molecular complexity index is 513. The van der Waals surface area contributed by atoms with Crippen LogP contribution in [0, 0.1) is 6.92 Å². The Hall–Kier alpha value is -1.26. The molecule has 0 atom stereocenters. The quantitative estimate of drug-likeness (QED) is 0.866. The lowest BCUT2D eigenvalue weighted by atomic mass is 10.3. The van der Waals surface area contributed by atoms with Crippen LogP contribution in [-0.4, -0.2) is 11.6 Å². The maximum absolute atomic E-state index is 5.88. The van der Waals surface area contributed by atoms with Gasteiger partial charge in [-0.1, -0.05) is 11.6 Å². The summed E-state index contributed by atoms with van der Waals surface area (Å²) in [4.78, 5) is 5.43. The van der Waals surface area contributed by atoms with Crippen molar-refractivity contribution in [1.82, 2.24) is 4.98 Å². The first kappa shape index (κ1) is 12.2. The van der Waals surface area contributed by atoms with Crippen molar-refractivity contribution in [2.45, 2.75) is 13.3 Å². The zero-order valence-corrected chi connectivity index (χ0v) is 11.0. The van der Waals surface area contributed by atoms with E-state index in [1.807, 2.05) is 12.4 Å². The highest BCUT2D eigenvalue weighted by molar-refractivity contribution is 7.09. The van der Waals surface area contributed by atoms with Gasteiger partial charge in [0, 0.05) is 22.4 Å². The summed E-state index contributed by atoms with van der Waals surface area (Å²) >= 11 is 7.52. The Balaban J connectivity index is 1.94. The number of hydrogen-bond donors (Lipinski definition) is 1. The Morgan fingerprint density at radius 2 is 2.29 bits per heavy atom. The SMILES string of the molecule is Cc1ncsc1CCOc1cc(Cl)ccc1N. The summed E-state index contributed by atoms with van der Waals surface area (Å²) in [7, 11) is 0. The van der Waals surface area contributed by atoms with Gasteiger partial charge >= 0.3 is 0 Å². The molecule has 0 bridgehead atoms. The first-order valence-electron chi connectivity index (χ1n) is 5.23. The Morgan fingerprint density at radius 1 is 1.47 bits per heavy atom. The van der Waals surface area contributed by atoms with Gasteiger partial charge in [-0.05, 0) is 19.1 Å². The summed E-state index contributed by atoms with van der Waals surface area (Å²) in [5, 5.41) is 0.628. The van der Waals surface area contributed by atoms with E-state index in [2.05, 4.69) is 4.98 Å². The van der Waals surface area contributed by atoms with Gasteiger partial charge in [-0.2, -0.15) is 0 Å². The molecule has 1 aromatic heterocycles. The number of halogens is 1. The fourth-order valence-corrected chi connectivity index (χ4v) is 2.38. The predicted octanol–water partition coefficient (Wildman–Crippen LogP) is 3.31. The van der Waals surface area contributed by atoms with E-state index < -0.39 is 0 Å². The highest BCUT2D eigenvalue weighted by atomic mass is 35.5. The van der Waals surface area contributed by atoms with E-state index in [0.29, 0.717) is 23.1 Å². The van der Waals surface area contributed by atoms with Gasteiger partial charge in [0.15, 0.2) is 0 Å². The number of ether oxygens (including phenoxy) is 1. The first-order chi connectivity index (χ1) is 8.16. The van der Waals surface area contributed by atoms with Crippen LogP contribution in [0.3, 0.4) is 0 Å². The van der Waals surface area contributed by atoms with Gasteiger partial charge < -0.3 is 10.5 Å². The highest BCUT2D eigenvalue weighted by Crippen LogP contribution is 2.25. The number of nitrogen functional groups attached to an aromatic ring is 1. The number of thiazole rings is 1. The average molecular weight is 269 g/mol. The molecular formula is C12H13ClN2OS. The first-order valence-corrected chi connectivity index (χ1v) is 6.49. The number of aromatic nitrogens is 1. The minimum absolute atomic E-state index is 0.577. The molecule has 17 heavy (non-hydrogen) atoms. The number of aryl methyl sites for hydroxylation is 1. The van der Waals surface area contributed by atoms with Crippen molar-refractivity contribution in [1.29, 1.82) is 0 Å². The summed E-state index contributed by atoms with van der Waals surface area (Å²) in [5.74, 6) is 0.639. The van der Waals surface area contributed by atoms with Gasteiger partial charge in [-0.25, -0.2) is 4.98 Å². The Morgan fingerprint density at radius 3 is 3.00 bits per heavy atom. The van der Waals surface area contributed by atoms with Crippen molar-refractivity contribution >= 4 is 28.6 Å². The molecule has 0 saturated carbocycles. The van der Waals surface area contributed by atoms with Crippen LogP contribution >= 0.6 is 22.9 Å². The topological polar surface area (TPSA) is 48.1 Å². The molecule has 3 nitrogen and oxygen atoms in total. The third kappa shape index (κ3) is 3.11. The van der Waals surface area contributed by atoms with Gasteiger partial charge in [0.05, 0.1) is 23.5 Å².